The predicted octanol–water partition coefficient (Wildman–Crippen LogP) is 11.2. The normalized spacial score (nSPS) is 16.7. The van der Waals surface area contributed by atoms with E-state index >= 15 is 0 Å². The molecule has 0 aliphatic carbocycles. The fourth-order valence-electron chi connectivity index (χ4n) is 6.20. The number of benzene rings is 1. The molecule has 0 saturated carbocycles. The summed E-state index contributed by atoms with van der Waals surface area (Å²) < 4.78 is 0. The molecule has 0 spiro atoms. The smallest absolute Gasteiger partial charge is 0.00618 e. The summed E-state index contributed by atoms with van der Waals surface area (Å²) in [4.78, 5) is 0. The lowest BCUT2D eigenvalue weighted by molar-refractivity contribution is 0.385. The van der Waals surface area contributed by atoms with E-state index in [0.717, 1.165) is 0 Å². The molecule has 1 aromatic carbocycles. The van der Waals surface area contributed by atoms with Gasteiger partial charge in [0.15, 0.2) is 0 Å². The molecule has 1 aromatic rings. The number of rotatable bonds is 24. The fraction of sp³-hybridized carbons (Fsp3) is 0.842. The lowest BCUT2D eigenvalue weighted by Crippen LogP contribution is -2.25. The van der Waals surface area contributed by atoms with Crippen LogP contribution in [0.25, 0.3) is 0 Å². The van der Waals surface area contributed by atoms with Gasteiger partial charge in [0.25, 0.3) is 0 Å². The van der Waals surface area contributed by atoms with Crippen molar-refractivity contribution in [2.24, 2.45) is 23.3 Å². The monoisotopic (exact) mass is 557 g/mol. The highest BCUT2D eigenvalue weighted by atomic mass is 14.6. The van der Waals surface area contributed by atoms with Crippen LogP contribution in [0.1, 0.15) is 182 Å². The molecule has 40 heavy (non-hydrogen) atoms. The minimum atomic E-state index is 0.296. The van der Waals surface area contributed by atoms with E-state index < -0.39 is 0 Å². The molecular formula is C38H72N2. The van der Waals surface area contributed by atoms with Crippen LogP contribution >= 0.6 is 0 Å². The Labute approximate surface area is 252 Å². The van der Waals surface area contributed by atoms with Crippen molar-refractivity contribution in [1.82, 2.24) is 0 Å². The average Bonchev–Trinajstić information content (AvgIpc) is 2.95. The second-order valence-corrected chi connectivity index (χ2v) is 14.5. The van der Waals surface area contributed by atoms with Crippen molar-refractivity contribution in [3.8, 4) is 0 Å². The maximum atomic E-state index is 6.19. The van der Waals surface area contributed by atoms with Crippen LogP contribution in [0.5, 0.6) is 0 Å². The lowest BCUT2D eigenvalue weighted by atomic mass is 9.72. The molecule has 0 amide bonds. The van der Waals surface area contributed by atoms with Gasteiger partial charge < -0.3 is 11.5 Å². The number of unbranched alkanes of at least 4 members (excludes halogenated alkanes) is 10. The Kier molecular flexibility index (Phi) is 18.7. The summed E-state index contributed by atoms with van der Waals surface area (Å²) in [6.45, 7) is 18.7. The zero-order valence-corrected chi connectivity index (χ0v) is 28.5. The first-order valence-corrected chi connectivity index (χ1v) is 17.6. The average molecular weight is 557 g/mol. The molecule has 2 nitrogen and oxygen atoms in total. The second kappa shape index (κ2) is 20.1. The topological polar surface area (TPSA) is 52.0 Å². The molecule has 4 unspecified atom stereocenters. The van der Waals surface area contributed by atoms with Crippen molar-refractivity contribution in [2.45, 2.75) is 194 Å². The molecule has 0 radical (unpaired) electrons. The first-order chi connectivity index (χ1) is 19.0. The van der Waals surface area contributed by atoms with Crippen LogP contribution in [0, 0.1) is 11.8 Å². The summed E-state index contributed by atoms with van der Waals surface area (Å²) in [5.41, 5.74) is 16.1. The van der Waals surface area contributed by atoms with Gasteiger partial charge in [-0.3, -0.25) is 0 Å². The Morgan fingerprint density at radius 3 is 1.05 bits per heavy atom. The van der Waals surface area contributed by atoms with Crippen molar-refractivity contribution < 1.29 is 0 Å². The van der Waals surface area contributed by atoms with E-state index in [-0.39, 0.29) is 0 Å². The largest absolute Gasteiger partial charge is 0.327 e. The van der Waals surface area contributed by atoms with E-state index in [0.29, 0.717) is 34.7 Å². The highest BCUT2D eigenvalue weighted by Gasteiger charge is 2.27. The molecule has 1 rings (SSSR count). The number of hydrogen-bond acceptors (Lipinski definition) is 2. The standard InChI is InChI=1S/C38H72N2/c1-9-37(7,29-21-17-13-11-15-19-23-35(39)31(3)4)33-25-27-34(28-26-33)38(8,10-2)30-22-18-14-12-16-20-24-36(40)32(5)6/h25-28,31-32,35-36H,9-24,29-30,39-40H2,1-8H3. The molecule has 0 saturated heterocycles. The summed E-state index contributed by atoms with van der Waals surface area (Å²) in [6.07, 6.45) is 23.6. The maximum absolute atomic E-state index is 6.19. The molecule has 234 valence electrons. The van der Waals surface area contributed by atoms with Crippen molar-refractivity contribution >= 4 is 0 Å². The van der Waals surface area contributed by atoms with E-state index in [2.05, 4.69) is 79.7 Å². The van der Waals surface area contributed by atoms with Gasteiger partial charge in [0.05, 0.1) is 0 Å². The van der Waals surface area contributed by atoms with Crippen LogP contribution in [0.3, 0.4) is 0 Å². The van der Waals surface area contributed by atoms with Gasteiger partial charge in [0, 0.05) is 12.1 Å². The summed E-state index contributed by atoms with van der Waals surface area (Å²) in [5, 5.41) is 0. The Morgan fingerprint density at radius 1 is 0.500 bits per heavy atom. The molecule has 0 bridgehead atoms. The van der Waals surface area contributed by atoms with Crippen molar-refractivity contribution in [2.75, 3.05) is 0 Å². The van der Waals surface area contributed by atoms with Crippen LogP contribution in [0.2, 0.25) is 0 Å². The molecule has 0 aromatic heterocycles. The van der Waals surface area contributed by atoms with E-state index in [1.54, 1.807) is 0 Å². The van der Waals surface area contributed by atoms with Crippen LogP contribution in [0.4, 0.5) is 0 Å². The van der Waals surface area contributed by atoms with Gasteiger partial charge >= 0.3 is 0 Å². The summed E-state index contributed by atoms with van der Waals surface area (Å²) in [5.74, 6) is 1.23. The molecule has 0 heterocycles. The van der Waals surface area contributed by atoms with Crippen molar-refractivity contribution in [3.05, 3.63) is 35.4 Å². The minimum absolute atomic E-state index is 0.296. The minimum Gasteiger partial charge on any atom is -0.327 e. The lowest BCUT2D eigenvalue weighted by Gasteiger charge is -2.32. The zero-order valence-electron chi connectivity index (χ0n) is 28.5. The first-order valence-electron chi connectivity index (χ1n) is 17.6. The molecular weight excluding hydrogens is 484 g/mol. The molecule has 0 aliphatic heterocycles. The first kappa shape index (κ1) is 37.2. The molecule has 0 fully saturated rings. The van der Waals surface area contributed by atoms with Gasteiger partial charge in [-0.2, -0.15) is 0 Å². The van der Waals surface area contributed by atoms with E-state index in [4.69, 9.17) is 11.5 Å². The second-order valence-electron chi connectivity index (χ2n) is 14.5. The van der Waals surface area contributed by atoms with Gasteiger partial charge in [-0.15, -0.1) is 0 Å². The van der Waals surface area contributed by atoms with Crippen LogP contribution in [-0.2, 0) is 10.8 Å². The van der Waals surface area contributed by atoms with E-state index in [9.17, 15) is 0 Å². The maximum Gasteiger partial charge on any atom is 0.00618 e. The Balaban J connectivity index is 2.42. The Bertz CT molecular complexity index is 675. The van der Waals surface area contributed by atoms with E-state index in [1.807, 2.05) is 0 Å². The van der Waals surface area contributed by atoms with Gasteiger partial charge in [0.2, 0.25) is 0 Å². The molecule has 2 heteroatoms. The fourth-order valence-corrected chi connectivity index (χ4v) is 6.20. The summed E-state index contributed by atoms with van der Waals surface area (Å²) >= 11 is 0. The van der Waals surface area contributed by atoms with Crippen molar-refractivity contribution in [3.63, 3.8) is 0 Å². The van der Waals surface area contributed by atoms with Gasteiger partial charge in [-0.25, -0.2) is 0 Å². The van der Waals surface area contributed by atoms with Crippen LogP contribution in [-0.4, -0.2) is 12.1 Å². The number of nitrogens with two attached hydrogens (primary N) is 2. The third-order valence-corrected chi connectivity index (χ3v) is 10.6. The highest BCUT2D eigenvalue weighted by molar-refractivity contribution is 5.32. The molecule has 4 atom stereocenters. The molecule has 0 aliphatic rings. The van der Waals surface area contributed by atoms with Gasteiger partial charge in [0.1, 0.15) is 0 Å². The zero-order chi connectivity index (χ0) is 30.0. The van der Waals surface area contributed by atoms with Crippen LogP contribution in [0.15, 0.2) is 24.3 Å². The number of hydrogen-bond donors (Lipinski definition) is 2. The Morgan fingerprint density at radius 2 is 0.775 bits per heavy atom. The Hall–Kier alpha value is -0.860. The highest BCUT2D eigenvalue weighted by Crippen LogP contribution is 2.37. The summed E-state index contributed by atoms with van der Waals surface area (Å²) in [6, 6.07) is 10.6. The third kappa shape index (κ3) is 13.9. The SMILES string of the molecule is CCC(C)(CCCCCCCCC(N)C(C)C)c1ccc(C(C)(CC)CCCCCCCCC(N)C(C)C)cc1. The third-order valence-electron chi connectivity index (χ3n) is 10.6. The predicted molar refractivity (Wildman–Crippen MR) is 181 cm³/mol. The molecule has 4 N–H and O–H groups in total. The van der Waals surface area contributed by atoms with Gasteiger partial charge in [-0.1, -0.05) is 157 Å². The van der Waals surface area contributed by atoms with Gasteiger partial charge in [-0.05, 0) is 72.3 Å². The summed E-state index contributed by atoms with van der Waals surface area (Å²) in [7, 11) is 0. The quantitative estimate of drug-likeness (QED) is 0.124. The van der Waals surface area contributed by atoms with E-state index in [1.165, 1.54) is 127 Å². The van der Waals surface area contributed by atoms with Crippen LogP contribution < -0.4 is 11.5 Å². The van der Waals surface area contributed by atoms with Crippen molar-refractivity contribution in [1.29, 1.82) is 0 Å².